The molecule has 2 saturated heterocycles. The van der Waals surface area contributed by atoms with Gasteiger partial charge in [0.1, 0.15) is 23.9 Å². The molecule has 4 N–H and O–H groups in total. The third kappa shape index (κ3) is 3.39. The zero-order chi connectivity index (χ0) is 29.2. The SMILES string of the molecule is CC(C)C(N)C(=O)NC(C(=O)OC1C(O)(C(C)C)CC2OC23C2(C)CCC4=C(COC4=O)C2CC2OC213)C(C)C. The van der Waals surface area contributed by atoms with E-state index >= 15 is 0 Å². The van der Waals surface area contributed by atoms with E-state index in [4.69, 9.17) is 24.7 Å². The topological polar surface area (TPSA) is 153 Å². The third-order valence-corrected chi connectivity index (χ3v) is 11.3. The number of cyclic esters (lactones) is 1. The molecule has 0 bridgehead atoms. The van der Waals surface area contributed by atoms with Crippen LogP contribution in [0.3, 0.4) is 0 Å². The number of epoxide rings is 2. The van der Waals surface area contributed by atoms with Crippen LogP contribution >= 0.6 is 0 Å². The van der Waals surface area contributed by atoms with Gasteiger partial charge in [0.15, 0.2) is 11.7 Å². The fourth-order valence-corrected chi connectivity index (χ4v) is 8.61. The highest BCUT2D eigenvalue weighted by molar-refractivity contribution is 5.92. The Morgan fingerprint density at radius 1 is 1.10 bits per heavy atom. The smallest absolute Gasteiger partial charge is 0.334 e. The van der Waals surface area contributed by atoms with Gasteiger partial charge in [-0.15, -0.1) is 0 Å². The maximum Gasteiger partial charge on any atom is 0.334 e. The van der Waals surface area contributed by atoms with Crippen molar-refractivity contribution in [3.05, 3.63) is 11.1 Å². The van der Waals surface area contributed by atoms with Crippen molar-refractivity contribution in [2.45, 2.75) is 121 Å². The molecule has 3 heterocycles. The molecule has 10 nitrogen and oxygen atoms in total. The predicted molar refractivity (Wildman–Crippen MR) is 143 cm³/mol. The van der Waals surface area contributed by atoms with E-state index in [0.29, 0.717) is 25.9 Å². The van der Waals surface area contributed by atoms with Gasteiger partial charge in [-0.3, -0.25) is 4.79 Å². The van der Waals surface area contributed by atoms with Crippen molar-refractivity contribution in [3.8, 4) is 0 Å². The van der Waals surface area contributed by atoms with Crippen molar-refractivity contribution in [1.29, 1.82) is 0 Å². The summed E-state index contributed by atoms with van der Waals surface area (Å²) in [6, 6.07) is -1.70. The lowest BCUT2D eigenvalue weighted by Gasteiger charge is -2.56. The van der Waals surface area contributed by atoms with Crippen LogP contribution in [0.1, 0.15) is 74.1 Å². The van der Waals surface area contributed by atoms with E-state index < -0.39 is 46.9 Å². The molecule has 6 aliphatic rings. The molecule has 10 atom stereocenters. The zero-order valence-corrected chi connectivity index (χ0v) is 24.6. The highest BCUT2D eigenvalue weighted by Gasteiger charge is 2.95. The molecule has 222 valence electrons. The van der Waals surface area contributed by atoms with E-state index in [1.54, 1.807) is 0 Å². The summed E-state index contributed by atoms with van der Waals surface area (Å²) in [5, 5.41) is 15.0. The van der Waals surface area contributed by atoms with Crippen molar-refractivity contribution >= 4 is 17.8 Å². The van der Waals surface area contributed by atoms with Crippen LogP contribution in [0.5, 0.6) is 0 Å². The van der Waals surface area contributed by atoms with Gasteiger partial charge >= 0.3 is 11.9 Å². The van der Waals surface area contributed by atoms with Gasteiger partial charge in [0.25, 0.3) is 0 Å². The number of hydrogen-bond donors (Lipinski definition) is 3. The molecule has 0 aromatic rings. The number of ether oxygens (including phenoxy) is 4. The zero-order valence-electron chi connectivity index (χ0n) is 24.6. The van der Waals surface area contributed by atoms with Crippen molar-refractivity contribution < 1.29 is 38.4 Å². The van der Waals surface area contributed by atoms with Crippen LogP contribution < -0.4 is 11.1 Å². The lowest BCUT2D eigenvalue weighted by atomic mass is 9.46. The lowest BCUT2D eigenvalue weighted by molar-refractivity contribution is -0.208. The van der Waals surface area contributed by atoms with E-state index in [1.165, 1.54) is 0 Å². The number of esters is 2. The van der Waals surface area contributed by atoms with Gasteiger partial charge in [-0.1, -0.05) is 48.5 Å². The molecule has 3 aliphatic carbocycles. The Morgan fingerprint density at radius 3 is 2.42 bits per heavy atom. The first-order valence-electron chi connectivity index (χ1n) is 14.9. The fraction of sp³-hybridized carbons (Fsp3) is 0.833. The Balaban J connectivity index is 1.35. The molecule has 2 saturated carbocycles. The van der Waals surface area contributed by atoms with Crippen LogP contribution in [-0.2, 0) is 33.3 Å². The number of fused-ring (bicyclic) bond motifs is 2. The van der Waals surface area contributed by atoms with Gasteiger partial charge < -0.3 is 35.1 Å². The van der Waals surface area contributed by atoms with Crippen LogP contribution in [0, 0.1) is 29.1 Å². The lowest BCUT2D eigenvalue weighted by Crippen LogP contribution is -2.72. The molecule has 3 aliphatic heterocycles. The van der Waals surface area contributed by atoms with Gasteiger partial charge in [-0.2, -0.15) is 0 Å². The Morgan fingerprint density at radius 2 is 1.80 bits per heavy atom. The van der Waals surface area contributed by atoms with Crippen molar-refractivity contribution in [2.24, 2.45) is 34.8 Å². The summed E-state index contributed by atoms with van der Waals surface area (Å²) >= 11 is 0. The molecule has 10 heteroatoms. The standard InChI is InChI=1S/C30H44N2O8/c1-13(2)21(31)23(33)32-22(14(3)4)25(35)38-26-28(36,15(5)6)11-20-30(40-20)27(7)9-8-16-17(12-37-24(16)34)18(27)10-19-29(26,30)39-19/h13-15,18-22,26,36H,8-12,31H2,1-7H3,(H,32,33). The number of nitrogens with two attached hydrogens (primary N) is 1. The molecule has 6 rings (SSSR count). The number of rotatable bonds is 7. The van der Waals surface area contributed by atoms with Crippen molar-refractivity contribution in [2.75, 3.05) is 6.61 Å². The molecule has 1 amide bonds. The first-order valence-corrected chi connectivity index (χ1v) is 14.9. The predicted octanol–water partition coefficient (Wildman–Crippen LogP) is 1.76. The molecular formula is C30H44N2O8. The summed E-state index contributed by atoms with van der Waals surface area (Å²) in [7, 11) is 0. The van der Waals surface area contributed by atoms with E-state index in [9.17, 15) is 19.5 Å². The van der Waals surface area contributed by atoms with Crippen LogP contribution in [0.25, 0.3) is 0 Å². The van der Waals surface area contributed by atoms with E-state index in [2.05, 4.69) is 12.2 Å². The molecule has 0 aromatic heterocycles. The fourth-order valence-electron chi connectivity index (χ4n) is 8.61. The molecule has 0 aromatic carbocycles. The van der Waals surface area contributed by atoms with Gasteiger partial charge in [0.05, 0.1) is 18.2 Å². The number of carbonyl (C=O) groups excluding carboxylic acids is 3. The van der Waals surface area contributed by atoms with Gasteiger partial charge in [-0.05, 0) is 48.5 Å². The van der Waals surface area contributed by atoms with E-state index in [1.807, 2.05) is 41.5 Å². The Hall–Kier alpha value is -2.01. The second-order valence-electron chi connectivity index (χ2n) is 14.2. The minimum atomic E-state index is -1.39. The monoisotopic (exact) mass is 560 g/mol. The molecule has 4 fully saturated rings. The second-order valence-corrected chi connectivity index (χ2v) is 14.2. The summed E-state index contributed by atoms with van der Waals surface area (Å²) in [6.07, 6.45) is 0.734. The van der Waals surface area contributed by atoms with Crippen molar-refractivity contribution in [3.63, 3.8) is 0 Å². The number of aliphatic hydroxyl groups is 1. The summed E-state index contributed by atoms with van der Waals surface area (Å²) in [4.78, 5) is 39.1. The molecular weight excluding hydrogens is 516 g/mol. The normalized spacial score (nSPS) is 44.1. The quantitative estimate of drug-likeness (QED) is 0.312. The number of carbonyl (C=O) groups is 3. The number of hydrogen-bond acceptors (Lipinski definition) is 9. The van der Waals surface area contributed by atoms with Crippen LogP contribution in [-0.4, -0.2) is 76.8 Å². The Labute approximate surface area is 235 Å². The summed E-state index contributed by atoms with van der Waals surface area (Å²) in [5.41, 5.74) is 4.38. The van der Waals surface area contributed by atoms with Crippen LogP contribution in [0.15, 0.2) is 11.1 Å². The summed E-state index contributed by atoms with van der Waals surface area (Å²) < 4.78 is 25.0. The van der Waals surface area contributed by atoms with Crippen LogP contribution in [0.2, 0.25) is 0 Å². The Kier molecular flexibility index (Phi) is 6.15. The molecule has 10 unspecified atom stereocenters. The van der Waals surface area contributed by atoms with Gasteiger partial charge in [0, 0.05) is 17.4 Å². The average Bonchev–Trinajstić information content (AvgIpc) is 3.76. The van der Waals surface area contributed by atoms with Crippen LogP contribution in [0.4, 0.5) is 0 Å². The second kappa shape index (κ2) is 8.75. The first-order chi connectivity index (χ1) is 18.7. The summed E-state index contributed by atoms with van der Waals surface area (Å²) in [5.74, 6) is -1.82. The van der Waals surface area contributed by atoms with Gasteiger partial charge in [0.2, 0.25) is 5.91 Å². The number of amides is 1. The number of nitrogens with one attached hydrogen (secondary N) is 1. The average molecular weight is 561 g/mol. The van der Waals surface area contributed by atoms with E-state index in [-0.39, 0.29) is 47.3 Å². The molecule has 0 radical (unpaired) electrons. The van der Waals surface area contributed by atoms with Crippen molar-refractivity contribution in [1.82, 2.24) is 5.32 Å². The Bertz CT molecular complexity index is 1180. The highest BCUT2D eigenvalue weighted by Crippen LogP contribution is 2.80. The molecule has 2 spiro atoms. The van der Waals surface area contributed by atoms with E-state index in [0.717, 1.165) is 17.6 Å². The minimum absolute atomic E-state index is 0.0511. The maximum atomic E-state index is 13.8. The largest absolute Gasteiger partial charge is 0.458 e. The first kappa shape index (κ1) is 28.1. The minimum Gasteiger partial charge on any atom is -0.458 e. The maximum absolute atomic E-state index is 13.8. The highest BCUT2D eigenvalue weighted by atomic mass is 16.7. The van der Waals surface area contributed by atoms with Gasteiger partial charge in [-0.25, -0.2) is 9.59 Å². The third-order valence-electron chi connectivity index (χ3n) is 11.3. The summed E-state index contributed by atoms with van der Waals surface area (Å²) in [6.45, 7) is 13.7. The molecule has 40 heavy (non-hydrogen) atoms.